The Kier molecular flexibility index (Phi) is 3.72. The average molecular weight is 291 g/mol. The average Bonchev–Trinajstić information content (AvgIpc) is 2.39. The van der Waals surface area contributed by atoms with Gasteiger partial charge in [-0.05, 0) is 24.1 Å². The summed E-state index contributed by atoms with van der Waals surface area (Å²) in [5.74, 6) is -2.54. The fourth-order valence-electron chi connectivity index (χ4n) is 3.11. The lowest BCUT2D eigenvalue weighted by molar-refractivity contribution is 0.385. The molecule has 0 bridgehead atoms. The van der Waals surface area contributed by atoms with Crippen LogP contribution >= 0.6 is 0 Å². The van der Waals surface area contributed by atoms with Gasteiger partial charge in [0.05, 0.1) is 0 Å². The van der Waals surface area contributed by atoms with Crippen molar-refractivity contribution >= 4 is 0 Å². The van der Waals surface area contributed by atoms with Crippen molar-refractivity contribution in [3.8, 4) is 0 Å². The van der Waals surface area contributed by atoms with E-state index in [2.05, 4.69) is 5.32 Å². The Hall–Kier alpha value is -1.81. The van der Waals surface area contributed by atoms with Crippen LogP contribution in [0.15, 0.2) is 36.4 Å². The van der Waals surface area contributed by atoms with Gasteiger partial charge in [0.1, 0.15) is 17.5 Å². The molecule has 3 rings (SSSR count). The van der Waals surface area contributed by atoms with E-state index in [1.54, 1.807) is 0 Å². The predicted octanol–water partition coefficient (Wildman–Crippen LogP) is 4.09. The number of hydrogen-bond acceptors (Lipinski definition) is 1. The van der Waals surface area contributed by atoms with E-state index in [-0.39, 0.29) is 11.5 Å². The first-order chi connectivity index (χ1) is 10.1. The molecule has 0 radical (unpaired) electrons. The van der Waals surface area contributed by atoms with Crippen molar-refractivity contribution in [3.05, 3.63) is 70.5 Å². The zero-order valence-electron chi connectivity index (χ0n) is 11.7. The van der Waals surface area contributed by atoms with Crippen LogP contribution in [0.4, 0.5) is 13.2 Å². The number of likely N-dealkylation sites (N-methyl/N-ethyl adjacent to an activating group) is 1. The van der Waals surface area contributed by atoms with Gasteiger partial charge in [-0.15, -0.1) is 0 Å². The van der Waals surface area contributed by atoms with Crippen LogP contribution in [0.5, 0.6) is 0 Å². The highest BCUT2D eigenvalue weighted by molar-refractivity contribution is 5.43. The summed E-state index contributed by atoms with van der Waals surface area (Å²) in [6.45, 7) is 2.47. The molecule has 0 aliphatic heterocycles. The number of benzene rings is 2. The van der Waals surface area contributed by atoms with Gasteiger partial charge < -0.3 is 5.32 Å². The van der Waals surface area contributed by atoms with E-state index in [1.807, 2.05) is 31.2 Å². The van der Waals surface area contributed by atoms with Gasteiger partial charge in [0.2, 0.25) is 0 Å². The minimum Gasteiger partial charge on any atom is -0.309 e. The lowest BCUT2D eigenvalue weighted by atomic mass is 9.71. The summed E-state index contributed by atoms with van der Waals surface area (Å²) < 4.78 is 41.2. The fraction of sp³-hybridized carbons (Fsp3) is 0.294. The molecule has 0 saturated carbocycles. The van der Waals surface area contributed by atoms with Crippen molar-refractivity contribution < 1.29 is 13.2 Å². The first-order valence-corrected chi connectivity index (χ1v) is 7.07. The Morgan fingerprint density at radius 1 is 1.14 bits per heavy atom. The lowest BCUT2D eigenvalue weighted by Crippen LogP contribution is -2.34. The normalized spacial score (nSPS) is 18.0. The van der Waals surface area contributed by atoms with E-state index in [0.717, 1.165) is 24.1 Å². The van der Waals surface area contributed by atoms with Gasteiger partial charge in [0.25, 0.3) is 0 Å². The van der Waals surface area contributed by atoms with Crippen molar-refractivity contribution in [3.63, 3.8) is 0 Å². The molecule has 0 spiro atoms. The van der Waals surface area contributed by atoms with Crippen molar-refractivity contribution in [2.24, 2.45) is 0 Å². The molecule has 2 aromatic carbocycles. The molecule has 0 heterocycles. The molecule has 2 unspecified atom stereocenters. The molecule has 110 valence electrons. The van der Waals surface area contributed by atoms with Gasteiger partial charge in [0, 0.05) is 29.7 Å². The molecule has 0 fully saturated rings. The van der Waals surface area contributed by atoms with Gasteiger partial charge in [0.15, 0.2) is 0 Å². The van der Waals surface area contributed by atoms with Crippen LogP contribution in [0.2, 0.25) is 0 Å². The van der Waals surface area contributed by atoms with E-state index >= 15 is 0 Å². The topological polar surface area (TPSA) is 12.0 Å². The maximum atomic E-state index is 14.1. The van der Waals surface area contributed by atoms with Crippen LogP contribution in [-0.2, 0) is 6.42 Å². The van der Waals surface area contributed by atoms with Gasteiger partial charge >= 0.3 is 0 Å². The first-order valence-electron chi connectivity index (χ1n) is 7.07. The molecule has 1 aliphatic rings. The van der Waals surface area contributed by atoms with E-state index in [1.165, 1.54) is 5.56 Å². The van der Waals surface area contributed by atoms with Gasteiger partial charge in [-0.3, -0.25) is 0 Å². The summed E-state index contributed by atoms with van der Waals surface area (Å²) in [4.78, 5) is 0. The molecular formula is C17H16F3N. The number of rotatable bonds is 4. The van der Waals surface area contributed by atoms with Gasteiger partial charge in [-0.2, -0.15) is 0 Å². The van der Waals surface area contributed by atoms with Gasteiger partial charge in [-0.1, -0.05) is 31.2 Å². The van der Waals surface area contributed by atoms with Crippen molar-refractivity contribution in [1.82, 2.24) is 5.32 Å². The Labute approximate surface area is 121 Å². The lowest BCUT2D eigenvalue weighted by Gasteiger charge is -2.37. The monoisotopic (exact) mass is 291 g/mol. The molecular weight excluding hydrogens is 275 g/mol. The fourth-order valence-corrected chi connectivity index (χ4v) is 3.11. The van der Waals surface area contributed by atoms with Crippen LogP contribution in [0.3, 0.4) is 0 Å². The van der Waals surface area contributed by atoms with Crippen LogP contribution in [0.25, 0.3) is 0 Å². The third kappa shape index (κ3) is 2.44. The number of hydrogen-bond donors (Lipinski definition) is 1. The second-order valence-electron chi connectivity index (χ2n) is 5.33. The van der Waals surface area contributed by atoms with E-state index in [4.69, 9.17) is 0 Å². The summed E-state index contributed by atoms with van der Waals surface area (Å²) in [5.41, 5.74) is 2.23. The Balaban J connectivity index is 2.01. The number of nitrogens with one attached hydrogen (secondary N) is 1. The van der Waals surface area contributed by atoms with Crippen LogP contribution in [0.1, 0.15) is 35.6 Å². The number of fused-ring (bicyclic) bond motifs is 1. The summed E-state index contributed by atoms with van der Waals surface area (Å²) in [5, 5.41) is 3.14. The largest absolute Gasteiger partial charge is 0.309 e. The van der Waals surface area contributed by atoms with Crippen molar-refractivity contribution in [1.29, 1.82) is 0 Å². The highest BCUT2D eigenvalue weighted by Crippen LogP contribution is 2.44. The van der Waals surface area contributed by atoms with Crippen LogP contribution in [-0.4, -0.2) is 6.54 Å². The molecule has 1 nitrogen and oxygen atoms in total. The summed E-state index contributed by atoms with van der Waals surface area (Å²) in [7, 11) is 0. The zero-order valence-corrected chi connectivity index (χ0v) is 11.7. The summed E-state index contributed by atoms with van der Waals surface area (Å²) in [6.07, 6.45) is 0.768. The van der Waals surface area contributed by atoms with E-state index in [0.29, 0.717) is 6.54 Å². The standard InChI is InChI=1S/C17H16F3N/c1-2-21-17(13-7-10-5-3-4-6-12(10)13)16-14(19)8-11(18)9-15(16)20/h3-6,8-9,13,17,21H,2,7H2,1H3. The maximum absolute atomic E-state index is 14.1. The quantitative estimate of drug-likeness (QED) is 0.894. The maximum Gasteiger partial charge on any atom is 0.133 e. The molecule has 0 saturated heterocycles. The highest BCUT2D eigenvalue weighted by atomic mass is 19.1. The van der Waals surface area contributed by atoms with E-state index < -0.39 is 23.5 Å². The molecule has 2 aromatic rings. The Morgan fingerprint density at radius 2 is 1.81 bits per heavy atom. The number of halogens is 3. The third-order valence-electron chi connectivity index (χ3n) is 4.08. The summed E-state index contributed by atoms with van der Waals surface area (Å²) in [6, 6.07) is 8.88. The molecule has 21 heavy (non-hydrogen) atoms. The van der Waals surface area contributed by atoms with Crippen molar-refractivity contribution in [2.75, 3.05) is 6.54 Å². The Bertz CT molecular complexity index is 646. The predicted molar refractivity (Wildman–Crippen MR) is 75.6 cm³/mol. The Morgan fingerprint density at radius 3 is 2.43 bits per heavy atom. The van der Waals surface area contributed by atoms with E-state index in [9.17, 15) is 13.2 Å². The van der Waals surface area contributed by atoms with Crippen LogP contribution < -0.4 is 5.32 Å². The zero-order chi connectivity index (χ0) is 15.0. The first kappa shape index (κ1) is 14.1. The second-order valence-corrected chi connectivity index (χ2v) is 5.33. The highest BCUT2D eigenvalue weighted by Gasteiger charge is 2.36. The molecule has 0 amide bonds. The second kappa shape index (κ2) is 5.53. The van der Waals surface area contributed by atoms with Crippen molar-refractivity contribution in [2.45, 2.75) is 25.3 Å². The minimum absolute atomic E-state index is 0.00983. The third-order valence-corrected chi connectivity index (χ3v) is 4.08. The molecule has 0 aromatic heterocycles. The molecule has 1 N–H and O–H groups in total. The van der Waals surface area contributed by atoms with Gasteiger partial charge in [-0.25, -0.2) is 13.2 Å². The smallest absolute Gasteiger partial charge is 0.133 e. The molecule has 4 heteroatoms. The molecule has 2 atom stereocenters. The minimum atomic E-state index is -0.891. The van der Waals surface area contributed by atoms with Crippen LogP contribution in [0, 0.1) is 17.5 Å². The molecule has 1 aliphatic carbocycles. The summed E-state index contributed by atoms with van der Waals surface area (Å²) >= 11 is 0. The SMILES string of the molecule is CCNC(c1c(F)cc(F)cc1F)C1Cc2ccccc21.